The maximum atomic E-state index is 6.65. The molecule has 0 spiro atoms. The zero-order valence-electron chi connectivity index (χ0n) is 26.4. The van der Waals surface area contributed by atoms with Crippen molar-refractivity contribution in [2.24, 2.45) is 28.4 Å². The Balaban J connectivity index is 0.000000191. The minimum atomic E-state index is 0.225. The molecule has 4 aliphatic carbocycles. The SMILES string of the molecule is CC12CC3CC(C)(C1)CC(N)(C3)C2.CN(c1ccccc1Cl)[C@H]1C2CCN(CC2)[C@H]1C(c1ccccc1)c1ccccc1. The van der Waals surface area contributed by atoms with Crippen LogP contribution in [0.1, 0.15) is 82.3 Å². The Morgan fingerprint density at radius 3 is 1.81 bits per heavy atom. The molecule has 3 aromatic carbocycles. The second-order valence-electron chi connectivity index (χ2n) is 15.7. The van der Waals surface area contributed by atoms with Crippen LogP contribution in [-0.2, 0) is 0 Å². The highest BCUT2D eigenvalue weighted by Crippen LogP contribution is 2.65. The summed E-state index contributed by atoms with van der Waals surface area (Å²) in [6.07, 6.45) is 10.8. The predicted molar refractivity (Wildman–Crippen MR) is 181 cm³/mol. The molecule has 7 fully saturated rings. The van der Waals surface area contributed by atoms with E-state index in [9.17, 15) is 0 Å². The van der Waals surface area contributed by atoms with E-state index in [4.69, 9.17) is 17.3 Å². The molecule has 228 valence electrons. The van der Waals surface area contributed by atoms with E-state index in [1.54, 1.807) is 0 Å². The van der Waals surface area contributed by atoms with Gasteiger partial charge in [-0.1, -0.05) is 98.2 Å². The van der Waals surface area contributed by atoms with E-state index in [1.807, 2.05) is 12.1 Å². The molecule has 2 N–H and O–H groups in total. The quantitative estimate of drug-likeness (QED) is 0.320. The third kappa shape index (κ3) is 5.67. The van der Waals surface area contributed by atoms with E-state index < -0.39 is 0 Å². The summed E-state index contributed by atoms with van der Waals surface area (Å²) in [5, 5.41) is 0.839. The highest BCUT2D eigenvalue weighted by atomic mass is 35.5. The number of likely N-dealkylation sites (N-methyl/N-ethyl adjacent to an activating group) is 1. The van der Waals surface area contributed by atoms with Crippen molar-refractivity contribution in [2.75, 3.05) is 25.0 Å². The average Bonchev–Trinajstić information content (AvgIpc) is 2.97. The number of fused-ring (bicyclic) bond motifs is 3. The number of nitrogens with two attached hydrogens (primary N) is 1. The van der Waals surface area contributed by atoms with Gasteiger partial charge in [-0.25, -0.2) is 0 Å². The monoisotopic (exact) mass is 595 g/mol. The van der Waals surface area contributed by atoms with Crippen molar-refractivity contribution in [1.82, 2.24) is 4.90 Å². The number of piperidine rings is 3. The fourth-order valence-corrected chi connectivity index (χ4v) is 11.6. The molecule has 43 heavy (non-hydrogen) atoms. The fraction of sp³-hybridized carbons (Fsp3) is 0.538. The van der Waals surface area contributed by atoms with Gasteiger partial charge in [-0.15, -0.1) is 0 Å². The second kappa shape index (κ2) is 11.2. The van der Waals surface area contributed by atoms with Crippen molar-refractivity contribution >= 4 is 17.3 Å². The number of nitrogens with zero attached hydrogens (tertiary/aromatic N) is 2. The van der Waals surface area contributed by atoms with Crippen LogP contribution in [0.5, 0.6) is 0 Å². The lowest BCUT2D eigenvalue weighted by Crippen LogP contribution is -2.65. The maximum Gasteiger partial charge on any atom is 0.0639 e. The number of benzene rings is 3. The number of rotatable bonds is 5. The van der Waals surface area contributed by atoms with E-state index in [0.717, 1.165) is 16.6 Å². The Morgan fingerprint density at radius 1 is 0.767 bits per heavy atom. The van der Waals surface area contributed by atoms with E-state index in [1.165, 1.54) is 75.6 Å². The topological polar surface area (TPSA) is 32.5 Å². The van der Waals surface area contributed by atoms with Gasteiger partial charge in [-0.2, -0.15) is 0 Å². The van der Waals surface area contributed by atoms with Crippen molar-refractivity contribution in [2.45, 2.75) is 88.8 Å². The zero-order chi connectivity index (χ0) is 29.8. The standard InChI is InChI=1S/C27H29ClN2.C12H21N/c1-29(24-15-9-8-14-23(24)28)26-22-16-18-30(19-17-22)27(26)25(20-10-4-2-5-11-20)21-12-6-3-7-13-21;1-10-3-9-4-11(2,6-10)8-12(13,5-9)7-10/h2-15,22,25-27H,16-19H2,1H3;9H,3-8,13H2,1-2H3/t26-,27-;/m0./s1. The van der Waals surface area contributed by atoms with Crippen LogP contribution < -0.4 is 10.6 Å². The fourth-order valence-electron chi connectivity index (χ4n) is 11.3. The molecule has 3 nitrogen and oxygen atoms in total. The Morgan fingerprint density at radius 2 is 1.30 bits per heavy atom. The van der Waals surface area contributed by atoms with Gasteiger partial charge in [0.1, 0.15) is 0 Å². The molecular weight excluding hydrogens is 546 g/mol. The molecule has 0 radical (unpaired) electrons. The first-order valence-corrected chi connectivity index (χ1v) is 17.1. The van der Waals surface area contributed by atoms with Gasteiger partial charge in [0, 0.05) is 30.6 Å². The third-order valence-electron chi connectivity index (χ3n) is 11.8. The molecule has 3 aliphatic heterocycles. The first kappa shape index (κ1) is 29.4. The van der Waals surface area contributed by atoms with Crippen LogP contribution in [-0.4, -0.2) is 42.7 Å². The number of hydrogen-bond acceptors (Lipinski definition) is 3. The highest BCUT2D eigenvalue weighted by molar-refractivity contribution is 6.33. The second-order valence-corrected chi connectivity index (χ2v) is 16.1. The average molecular weight is 596 g/mol. The van der Waals surface area contributed by atoms with Crippen LogP contribution in [0.15, 0.2) is 84.9 Å². The highest BCUT2D eigenvalue weighted by Gasteiger charge is 2.58. The molecule has 10 rings (SSSR count). The summed E-state index contributed by atoms with van der Waals surface area (Å²) in [4.78, 5) is 5.21. The van der Waals surface area contributed by atoms with Crippen molar-refractivity contribution < 1.29 is 0 Å². The molecule has 4 heteroatoms. The van der Waals surface area contributed by atoms with Crippen LogP contribution in [0, 0.1) is 22.7 Å². The molecule has 2 unspecified atom stereocenters. The molecule has 6 bridgehead atoms. The van der Waals surface area contributed by atoms with Crippen molar-refractivity contribution in [3.63, 3.8) is 0 Å². The van der Waals surface area contributed by atoms with E-state index in [0.29, 0.717) is 34.7 Å². The molecule has 0 aromatic heterocycles. The summed E-state index contributed by atoms with van der Waals surface area (Å²) >= 11 is 6.65. The van der Waals surface area contributed by atoms with Crippen LogP contribution in [0.25, 0.3) is 0 Å². The van der Waals surface area contributed by atoms with Crippen molar-refractivity contribution in [3.05, 3.63) is 101 Å². The van der Waals surface area contributed by atoms with Gasteiger partial charge in [-0.3, -0.25) is 4.90 Å². The lowest BCUT2D eigenvalue weighted by molar-refractivity contribution is -0.104. The van der Waals surface area contributed by atoms with Crippen LogP contribution in [0.3, 0.4) is 0 Å². The van der Waals surface area contributed by atoms with Crippen molar-refractivity contribution in [3.8, 4) is 0 Å². The van der Waals surface area contributed by atoms with Crippen LogP contribution in [0.2, 0.25) is 5.02 Å². The number of hydrogen-bond donors (Lipinski definition) is 1. The maximum absolute atomic E-state index is 6.65. The Bertz CT molecular complexity index is 1310. The van der Waals surface area contributed by atoms with Crippen LogP contribution in [0.4, 0.5) is 5.69 Å². The lowest BCUT2D eigenvalue weighted by atomic mass is 9.43. The van der Waals surface area contributed by atoms with Gasteiger partial charge in [0.2, 0.25) is 0 Å². The summed E-state index contributed by atoms with van der Waals surface area (Å²) in [5.74, 6) is 1.98. The minimum Gasteiger partial charge on any atom is -0.369 e. The van der Waals surface area contributed by atoms with Crippen molar-refractivity contribution in [1.29, 1.82) is 0 Å². The Labute approximate surface area is 264 Å². The molecule has 0 amide bonds. The Hall–Kier alpha value is -2.33. The predicted octanol–water partition coefficient (Wildman–Crippen LogP) is 8.77. The summed E-state index contributed by atoms with van der Waals surface area (Å²) in [7, 11) is 2.24. The van der Waals surface area contributed by atoms with Gasteiger partial charge in [-0.05, 0) is 110 Å². The smallest absolute Gasteiger partial charge is 0.0639 e. The molecule has 4 saturated carbocycles. The summed E-state index contributed by atoms with van der Waals surface area (Å²) < 4.78 is 0. The summed E-state index contributed by atoms with van der Waals surface area (Å²) in [5.41, 5.74) is 11.9. The first-order valence-electron chi connectivity index (χ1n) is 16.7. The normalized spacial score (nSPS) is 37.2. The van der Waals surface area contributed by atoms with Gasteiger partial charge in [0.05, 0.1) is 10.7 Å². The summed E-state index contributed by atoms with van der Waals surface area (Å²) in [6, 6.07) is 31.3. The van der Waals surface area contributed by atoms with E-state index in [-0.39, 0.29) is 5.54 Å². The molecular formula is C39H50ClN3. The van der Waals surface area contributed by atoms with Gasteiger partial charge in [0.15, 0.2) is 0 Å². The van der Waals surface area contributed by atoms with Gasteiger partial charge in [0.25, 0.3) is 0 Å². The molecule has 4 atom stereocenters. The Kier molecular flexibility index (Phi) is 7.68. The molecule has 3 saturated heterocycles. The minimum absolute atomic E-state index is 0.225. The number of anilines is 1. The third-order valence-corrected chi connectivity index (χ3v) is 12.2. The first-order chi connectivity index (χ1) is 20.6. The van der Waals surface area contributed by atoms with E-state index >= 15 is 0 Å². The van der Waals surface area contributed by atoms with E-state index in [2.05, 4.69) is 103 Å². The van der Waals surface area contributed by atoms with Gasteiger partial charge < -0.3 is 10.6 Å². The number of para-hydroxylation sites is 1. The largest absolute Gasteiger partial charge is 0.369 e. The lowest BCUT2D eigenvalue weighted by Gasteiger charge is -2.64. The van der Waals surface area contributed by atoms with Gasteiger partial charge >= 0.3 is 0 Å². The molecule has 7 aliphatic rings. The molecule has 3 heterocycles. The number of halogens is 1. The zero-order valence-corrected chi connectivity index (χ0v) is 27.1. The molecule has 3 aromatic rings. The summed E-state index contributed by atoms with van der Waals surface area (Å²) in [6.45, 7) is 7.32. The van der Waals surface area contributed by atoms with Crippen LogP contribution >= 0.6 is 11.6 Å².